The Morgan fingerprint density at radius 2 is 1.36 bits per heavy atom. The van der Waals surface area contributed by atoms with Gasteiger partial charge in [0.15, 0.2) is 0 Å². The van der Waals surface area contributed by atoms with Gasteiger partial charge in [0.25, 0.3) is 0 Å². The summed E-state index contributed by atoms with van der Waals surface area (Å²) in [4.78, 5) is 0. The maximum atomic E-state index is 5.61. The van der Waals surface area contributed by atoms with E-state index in [4.69, 9.17) is 4.74 Å². The molecule has 0 aliphatic carbocycles. The molecule has 0 aliphatic heterocycles. The van der Waals surface area contributed by atoms with Crippen LogP contribution in [0.4, 0.5) is 0 Å². The van der Waals surface area contributed by atoms with E-state index >= 15 is 0 Å². The highest BCUT2D eigenvalue weighted by Gasteiger charge is 2.08. The molecular weight excluding hydrogens is 268 g/mol. The Hall–Kier alpha value is -2.28. The van der Waals surface area contributed by atoms with Gasteiger partial charge in [0.1, 0.15) is 5.76 Å². The van der Waals surface area contributed by atoms with Gasteiger partial charge >= 0.3 is 0 Å². The lowest BCUT2D eigenvalue weighted by Crippen LogP contribution is -1.94. The van der Waals surface area contributed by atoms with Crippen LogP contribution < -0.4 is 0 Å². The third kappa shape index (κ3) is 3.48. The van der Waals surface area contributed by atoms with Gasteiger partial charge in [-0.25, -0.2) is 0 Å². The van der Waals surface area contributed by atoms with Gasteiger partial charge in [-0.2, -0.15) is 0 Å². The molecule has 0 aliphatic rings. The molecule has 2 aromatic carbocycles. The van der Waals surface area contributed by atoms with Gasteiger partial charge in [-0.05, 0) is 56.0 Å². The zero-order chi connectivity index (χ0) is 16.3. The molecule has 1 heteroatoms. The number of hydrogen-bond donors (Lipinski definition) is 0. The number of hydrogen-bond acceptors (Lipinski definition) is 1. The Morgan fingerprint density at radius 3 is 1.82 bits per heavy atom. The largest absolute Gasteiger partial charge is 0.496 e. The normalized spacial score (nSPS) is 11.4. The highest BCUT2D eigenvalue weighted by atomic mass is 16.5. The van der Waals surface area contributed by atoms with E-state index < -0.39 is 0 Å². The van der Waals surface area contributed by atoms with Crippen LogP contribution in [-0.2, 0) is 4.74 Å². The first-order valence-corrected chi connectivity index (χ1v) is 7.52. The average molecular weight is 292 g/mol. The first-order valence-electron chi connectivity index (χ1n) is 7.52. The van der Waals surface area contributed by atoms with E-state index in [2.05, 4.69) is 70.7 Å². The minimum atomic E-state index is 0.850. The second-order valence-corrected chi connectivity index (χ2v) is 5.87. The SMILES string of the molecule is C=C(/C=C(/OC)c1ccc(C)cc1C)c1ccc(C)cc1C. The zero-order valence-electron chi connectivity index (χ0n) is 14.2. The molecule has 0 saturated heterocycles. The molecule has 22 heavy (non-hydrogen) atoms. The quantitative estimate of drug-likeness (QED) is 0.525. The van der Waals surface area contributed by atoms with Crippen LogP contribution in [0.15, 0.2) is 49.1 Å². The molecule has 0 aromatic heterocycles. The number of ether oxygens (including phenoxy) is 1. The van der Waals surface area contributed by atoms with Crippen LogP contribution in [0.1, 0.15) is 33.4 Å². The van der Waals surface area contributed by atoms with E-state index in [0.29, 0.717) is 0 Å². The number of allylic oxidation sites excluding steroid dienone is 2. The molecule has 2 aromatic rings. The van der Waals surface area contributed by atoms with E-state index in [1.807, 2.05) is 6.08 Å². The first-order chi connectivity index (χ1) is 10.4. The van der Waals surface area contributed by atoms with Crippen molar-refractivity contribution in [1.82, 2.24) is 0 Å². The highest BCUT2D eigenvalue weighted by Crippen LogP contribution is 2.26. The van der Waals surface area contributed by atoms with Gasteiger partial charge in [-0.1, -0.05) is 54.1 Å². The molecule has 0 unspecified atom stereocenters. The van der Waals surface area contributed by atoms with Gasteiger partial charge in [0, 0.05) is 5.56 Å². The number of benzene rings is 2. The summed E-state index contributed by atoms with van der Waals surface area (Å²) < 4.78 is 5.61. The lowest BCUT2D eigenvalue weighted by molar-refractivity contribution is 0.370. The second kappa shape index (κ2) is 6.65. The summed E-state index contributed by atoms with van der Waals surface area (Å²) in [6, 6.07) is 12.8. The highest BCUT2D eigenvalue weighted by molar-refractivity contribution is 5.82. The van der Waals surface area contributed by atoms with Crippen molar-refractivity contribution < 1.29 is 4.74 Å². The monoisotopic (exact) mass is 292 g/mol. The van der Waals surface area contributed by atoms with Crippen molar-refractivity contribution in [2.24, 2.45) is 0 Å². The van der Waals surface area contributed by atoms with Gasteiger partial charge in [0.05, 0.1) is 7.11 Å². The Bertz CT molecular complexity index is 736. The second-order valence-electron chi connectivity index (χ2n) is 5.87. The van der Waals surface area contributed by atoms with Crippen molar-refractivity contribution in [2.75, 3.05) is 7.11 Å². The van der Waals surface area contributed by atoms with Crippen LogP contribution in [0.2, 0.25) is 0 Å². The Labute approximate surface area is 134 Å². The molecule has 2 rings (SSSR count). The van der Waals surface area contributed by atoms with Crippen molar-refractivity contribution in [2.45, 2.75) is 27.7 Å². The topological polar surface area (TPSA) is 9.23 Å². The predicted octanol–water partition coefficient (Wildman–Crippen LogP) is 5.62. The van der Waals surface area contributed by atoms with E-state index in [1.165, 1.54) is 22.3 Å². The maximum Gasteiger partial charge on any atom is 0.126 e. The summed E-state index contributed by atoms with van der Waals surface area (Å²) in [6.07, 6.45) is 2.02. The fourth-order valence-electron chi connectivity index (χ4n) is 2.75. The summed E-state index contributed by atoms with van der Waals surface area (Å²) in [7, 11) is 1.71. The number of aryl methyl sites for hydroxylation is 4. The van der Waals surface area contributed by atoms with E-state index in [-0.39, 0.29) is 0 Å². The van der Waals surface area contributed by atoms with Crippen molar-refractivity contribution in [1.29, 1.82) is 0 Å². The smallest absolute Gasteiger partial charge is 0.126 e. The predicted molar refractivity (Wildman–Crippen MR) is 95.9 cm³/mol. The summed E-state index contributed by atoms with van der Waals surface area (Å²) >= 11 is 0. The van der Waals surface area contributed by atoms with Crippen LogP contribution in [-0.4, -0.2) is 7.11 Å². The fourth-order valence-corrected chi connectivity index (χ4v) is 2.75. The maximum absolute atomic E-state index is 5.61. The molecule has 0 fully saturated rings. The summed E-state index contributed by atoms with van der Waals surface area (Å²) in [5.74, 6) is 0.850. The molecular formula is C21H24O. The standard InChI is InChI=1S/C21H24O/c1-14-7-9-19(16(3)11-14)18(5)13-21(22-6)20-10-8-15(2)12-17(20)4/h7-13H,5H2,1-4,6H3/b21-13+. The molecule has 114 valence electrons. The van der Waals surface area contributed by atoms with E-state index in [1.54, 1.807) is 7.11 Å². The molecule has 0 spiro atoms. The molecule has 0 atom stereocenters. The van der Waals surface area contributed by atoms with Crippen LogP contribution in [0.25, 0.3) is 11.3 Å². The Balaban J connectivity index is 2.41. The van der Waals surface area contributed by atoms with Crippen LogP contribution in [0.5, 0.6) is 0 Å². The zero-order valence-corrected chi connectivity index (χ0v) is 14.2. The van der Waals surface area contributed by atoms with Gasteiger partial charge < -0.3 is 4.74 Å². The van der Waals surface area contributed by atoms with Crippen LogP contribution in [0.3, 0.4) is 0 Å². The molecule has 0 heterocycles. The first kappa shape index (κ1) is 16.1. The van der Waals surface area contributed by atoms with Gasteiger partial charge in [-0.3, -0.25) is 0 Å². The minimum absolute atomic E-state index is 0.850. The summed E-state index contributed by atoms with van der Waals surface area (Å²) in [5.41, 5.74) is 8.20. The van der Waals surface area contributed by atoms with E-state index in [9.17, 15) is 0 Å². The summed E-state index contributed by atoms with van der Waals surface area (Å²) in [6.45, 7) is 12.6. The average Bonchev–Trinajstić information content (AvgIpc) is 2.45. The molecule has 0 saturated carbocycles. The molecule has 1 nitrogen and oxygen atoms in total. The van der Waals surface area contributed by atoms with Crippen molar-refractivity contribution >= 4 is 11.3 Å². The lowest BCUT2D eigenvalue weighted by atomic mass is 9.97. The van der Waals surface area contributed by atoms with Crippen molar-refractivity contribution in [3.63, 3.8) is 0 Å². The van der Waals surface area contributed by atoms with Gasteiger partial charge in [0.2, 0.25) is 0 Å². The van der Waals surface area contributed by atoms with Gasteiger partial charge in [-0.15, -0.1) is 0 Å². The van der Waals surface area contributed by atoms with Crippen molar-refractivity contribution in [3.8, 4) is 0 Å². The molecule has 0 N–H and O–H groups in total. The van der Waals surface area contributed by atoms with Crippen molar-refractivity contribution in [3.05, 3.63) is 82.4 Å². The lowest BCUT2D eigenvalue weighted by Gasteiger charge is -2.13. The molecule has 0 amide bonds. The summed E-state index contributed by atoms with van der Waals surface area (Å²) in [5, 5.41) is 0. The molecule has 0 bridgehead atoms. The number of methoxy groups -OCH3 is 1. The third-order valence-corrected chi connectivity index (χ3v) is 3.90. The minimum Gasteiger partial charge on any atom is -0.496 e. The number of rotatable bonds is 4. The third-order valence-electron chi connectivity index (χ3n) is 3.90. The van der Waals surface area contributed by atoms with Crippen LogP contribution >= 0.6 is 0 Å². The van der Waals surface area contributed by atoms with Crippen LogP contribution in [0, 0.1) is 27.7 Å². The molecule has 0 radical (unpaired) electrons. The fraction of sp³-hybridized carbons (Fsp3) is 0.238. The Kier molecular flexibility index (Phi) is 4.87. The Morgan fingerprint density at radius 1 is 0.864 bits per heavy atom. The van der Waals surface area contributed by atoms with E-state index in [0.717, 1.165) is 22.5 Å².